The summed E-state index contributed by atoms with van der Waals surface area (Å²) < 4.78 is 10.1. The molecule has 0 saturated heterocycles. The van der Waals surface area contributed by atoms with Crippen molar-refractivity contribution in [2.75, 3.05) is 47.1 Å². The van der Waals surface area contributed by atoms with Gasteiger partial charge in [-0.2, -0.15) is 0 Å². The number of hydrogen-bond donors (Lipinski definition) is 1. The number of methoxy groups -OCH3 is 2. The van der Waals surface area contributed by atoms with Gasteiger partial charge in [-0.15, -0.1) is 0 Å². The van der Waals surface area contributed by atoms with E-state index in [-0.39, 0.29) is 11.8 Å². The van der Waals surface area contributed by atoms with Crippen LogP contribution in [-0.4, -0.2) is 57.9 Å². The Labute approximate surface area is 110 Å². The minimum absolute atomic E-state index is 0.101. The number of nitrogens with two attached hydrogens (primary N) is 1. The second kappa shape index (κ2) is 8.45. The summed E-state index contributed by atoms with van der Waals surface area (Å²) in [5.74, 6) is 0.672. The molecule has 0 aromatic heterocycles. The van der Waals surface area contributed by atoms with E-state index in [9.17, 15) is 4.79 Å². The number of carbonyl (C=O) groups is 1. The van der Waals surface area contributed by atoms with Crippen LogP contribution in [-0.2, 0) is 14.3 Å². The number of nitrogens with zero attached hydrogens (tertiary/aromatic N) is 1. The minimum atomic E-state index is 0.101. The van der Waals surface area contributed by atoms with Crippen molar-refractivity contribution in [3.05, 3.63) is 0 Å². The van der Waals surface area contributed by atoms with E-state index in [1.54, 1.807) is 14.2 Å². The number of ether oxygens (including phenoxy) is 2. The molecule has 1 fully saturated rings. The van der Waals surface area contributed by atoms with E-state index in [2.05, 4.69) is 0 Å². The van der Waals surface area contributed by atoms with Crippen molar-refractivity contribution in [3.63, 3.8) is 0 Å². The van der Waals surface area contributed by atoms with Gasteiger partial charge >= 0.3 is 0 Å². The molecule has 0 bridgehead atoms. The molecule has 1 aliphatic carbocycles. The molecule has 0 aromatic rings. The van der Waals surface area contributed by atoms with E-state index in [1.165, 1.54) is 0 Å². The first-order chi connectivity index (χ1) is 8.74. The quantitative estimate of drug-likeness (QED) is 0.688. The fourth-order valence-corrected chi connectivity index (χ4v) is 2.61. The van der Waals surface area contributed by atoms with Crippen LogP contribution in [0.1, 0.15) is 19.3 Å². The van der Waals surface area contributed by atoms with Crippen molar-refractivity contribution in [2.24, 2.45) is 17.6 Å². The van der Waals surface area contributed by atoms with Crippen molar-refractivity contribution in [2.45, 2.75) is 19.3 Å². The van der Waals surface area contributed by atoms with Gasteiger partial charge in [0, 0.05) is 33.2 Å². The van der Waals surface area contributed by atoms with Gasteiger partial charge in [-0.25, -0.2) is 0 Å². The maximum atomic E-state index is 12.5. The SMILES string of the molecule is COCCN(CCOC)C(=O)[C@@H]1CCC[C@@H]1CN. The van der Waals surface area contributed by atoms with Crippen LogP contribution in [0.4, 0.5) is 0 Å². The molecule has 5 nitrogen and oxygen atoms in total. The number of amides is 1. The summed E-state index contributed by atoms with van der Waals surface area (Å²) in [6.45, 7) is 3.00. The van der Waals surface area contributed by atoms with Crippen LogP contribution < -0.4 is 5.73 Å². The van der Waals surface area contributed by atoms with Gasteiger partial charge in [-0.3, -0.25) is 4.79 Å². The lowest BCUT2D eigenvalue weighted by atomic mass is 9.94. The first-order valence-electron chi connectivity index (χ1n) is 6.71. The maximum absolute atomic E-state index is 12.5. The van der Waals surface area contributed by atoms with Gasteiger partial charge in [0.1, 0.15) is 0 Å². The molecule has 1 rings (SSSR count). The lowest BCUT2D eigenvalue weighted by Crippen LogP contribution is -2.42. The lowest BCUT2D eigenvalue weighted by Gasteiger charge is -2.27. The third-order valence-electron chi connectivity index (χ3n) is 3.72. The van der Waals surface area contributed by atoms with Crippen LogP contribution >= 0.6 is 0 Å². The van der Waals surface area contributed by atoms with Gasteiger partial charge in [-0.05, 0) is 25.3 Å². The van der Waals surface area contributed by atoms with Crippen LogP contribution in [0.15, 0.2) is 0 Å². The van der Waals surface area contributed by atoms with E-state index in [1.807, 2.05) is 4.90 Å². The molecule has 2 atom stereocenters. The Morgan fingerprint density at radius 1 is 1.22 bits per heavy atom. The molecule has 0 heterocycles. The second-order valence-electron chi connectivity index (χ2n) is 4.84. The van der Waals surface area contributed by atoms with Crippen molar-refractivity contribution in [1.82, 2.24) is 4.90 Å². The van der Waals surface area contributed by atoms with Crippen molar-refractivity contribution < 1.29 is 14.3 Å². The van der Waals surface area contributed by atoms with Gasteiger partial charge in [-0.1, -0.05) is 6.42 Å². The lowest BCUT2D eigenvalue weighted by molar-refractivity contribution is -0.137. The monoisotopic (exact) mass is 258 g/mol. The summed E-state index contributed by atoms with van der Waals surface area (Å²) >= 11 is 0. The van der Waals surface area contributed by atoms with Gasteiger partial charge < -0.3 is 20.1 Å². The molecule has 18 heavy (non-hydrogen) atoms. The Hall–Kier alpha value is -0.650. The summed E-state index contributed by atoms with van der Waals surface area (Å²) in [6, 6.07) is 0. The van der Waals surface area contributed by atoms with Crippen LogP contribution in [0.3, 0.4) is 0 Å². The predicted octanol–water partition coefficient (Wildman–Crippen LogP) is 0.483. The highest BCUT2D eigenvalue weighted by molar-refractivity contribution is 5.79. The third-order valence-corrected chi connectivity index (χ3v) is 3.72. The van der Waals surface area contributed by atoms with Crippen LogP contribution in [0.2, 0.25) is 0 Å². The molecule has 0 unspecified atom stereocenters. The molecule has 2 N–H and O–H groups in total. The fraction of sp³-hybridized carbons (Fsp3) is 0.923. The van der Waals surface area contributed by atoms with Gasteiger partial charge in [0.05, 0.1) is 13.2 Å². The van der Waals surface area contributed by atoms with E-state index in [0.29, 0.717) is 38.8 Å². The standard InChI is InChI=1S/C13H26N2O3/c1-17-8-6-15(7-9-18-2)13(16)12-5-3-4-11(12)10-14/h11-12H,3-10,14H2,1-2H3/t11-,12-/m1/s1. The largest absolute Gasteiger partial charge is 0.383 e. The second-order valence-corrected chi connectivity index (χ2v) is 4.84. The molecule has 0 aromatic carbocycles. The summed E-state index contributed by atoms with van der Waals surface area (Å²) in [4.78, 5) is 14.3. The summed E-state index contributed by atoms with van der Waals surface area (Å²) in [7, 11) is 3.30. The van der Waals surface area contributed by atoms with E-state index >= 15 is 0 Å². The Kier molecular flexibility index (Phi) is 7.23. The molecule has 106 valence electrons. The number of hydrogen-bond acceptors (Lipinski definition) is 4. The zero-order valence-corrected chi connectivity index (χ0v) is 11.6. The highest BCUT2D eigenvalue weighted by Gasteiger charge is 2.34. The molecule has 0 aliphatic heterocycles. The zero-order valence-electron chi connectivity index (χ0n) is 11.6. The highest BCUT2D eigenvalue weighted by Crippen LogP contribution is 2.32. The third kappa shape index (κ3) is 4.23. The normalized spacial score (nSPS) is 23.3. The molecular formula is C13H26N2O3. The van der Waals surface area contributed by atoms with Crippen molar-refractivity contribution in [3.8, 4) is 0 Å². The van der Waals surface area contributed by atoms with E-state index in [4.69, 9.17) is 15.2 Å². The Morgan fingerprint density at radius 3 is 2.33 bits per heavy atom. The van der Waals surface area contributed by atoms with Gasteiger partial charge in [0.15, 0.2) is 0 Å². The van der Waals surface area contributed by atoms with Gasteiger partial charge in [0.25, 0.3) is 0 Å². The number of carbonyl (C=O) groups excluding carboxylic acids is 1. The summed E-state index contributed by atoms with van der Waals surface area (Å²) in [5, 5.41) is 0. The molecule has 0 radical (unpaired) electrons. The fourth-order valence-electron chi connectivity index (χ4n) is 2.61. The Morgan fingerprint density at radius 2 is 1.83 bits per heavy atom. The zero-order chi connectivity index (χ0) is 13.4. The average Bonchev–Trinajstić information content (AvgIpc) is 2.86. The first-order valence-corrected chi connectivity index (χ1v) is 6.71. The van der Waals surface area contributed by atoms with Crippen LogP contribution in [0, 0.1) is 11.8 Å². The molecule has 1 aliphatic rings. The van der Waals surface area contributed by atoms with E-state index < -0.39 is 0 Å². The van der Waals surface area contributed by atoms with E-state index in [0.717, 1.165) is 19.3 Å². The van der Waals surface area contributed by atoms with Crippen molar-refractivity contribution >= 4 is 5.91 Å². The van der Waals surface area contributed by atoms with Crippen LogP contribution in [0.5, 0.6) is 0 Å². The average molecular weight is 258 g/mol. The first kappa shape index (κ1) is 15.4. The topological polar surface area (TPSA) is 64.8 Å². The predicted molar refractivity (Wildman–Crippen MR) is 70.2 cm³/mol. The highest BCUT2D eigenvalue weighted by atomic mass is 16.5. The molecule has 1 amide bonds. The molecule has 1 saturated carbocycles. The molecule has 5 heteroatoms. The summed E-state index contributed by atoms with van der Waals surface area (Å²) in [6.07, 6.45) is 3.16. The Balaban J connectivity index is 2.56. The van der Waals surface area contributed by atoms with Gasteiger partial charge in [0.2, 0.25) is 5.91 Å². The number of rotatable bonds is 8. The van der Waals surface area contributed by atoms with Crippen molar-refractivity contribution in [1.29, 1.82) is 0 Å². The van der Waals surface area contributed by atoms with Crippen LogP contribution in [0.25, 0.3) is 0 Å². The smallest absolute Gasteiger partial charge is 0.226 e. The molecular weight excluding hydrogens is 232 g/mol. The Bertz CT molecular complexity index is 240. The minimum Gasteiger partial charge on any atom is -0.383 e. The molecule has 0 spiro atoms. The maximum Gasteiger partial charge on any atom is 0.226 e. The summed E-state index contributed by atoms with van der Waals surface area (Å²) in [5.41, 5.74) is 5.74.